The lowest BCUT2D eigenvalue weighted by Gasteiger charge is -2.13. The van der Waals surface area contributed by atoms with Gasteiger partial charge >= 0.3 is 0 Å². The van der Waals surface area contributed by atoms with Crippen LogP contribution in [0.2, 0.25) is 0 Å². The van der Waals surface area contributed by atoms with Crippen LogP contribution in [0, 0.1) is 12.7 Å². The van der Waals surface area contributed by atoms with Gasteiger partial charge in [-0.3, -0.25) is 0 Å². The third kappa shape index (κ3) is 2.19. The molecule has 2 aromatic rings. The zero-order valence-corrected chi connectivity index (χ0v) is 11.1. The molecule has 0 radical (unpaired) electrons. The molecule has 16 heavy (non-hydrogen) atoms. The monoisotopic (exact) mass is 299 g/mol. The highest BCUT2D eigenvalue weighted by atomic mass is 79.9. The molecule has 0 aliphatic heterocycles. The van der Waals surface area contributed by atoms with Crippen molar-refractivity contribution in [2.24, 2.45) is 5.73 Å². The van der Waals surface area contributed by atoms with Crippen molar-refractivity contribution in [1.29, 1.82) is 0 Å². The Morgan fingerprint density at radius 1 is 1.44 bits per heavy atom. The van der Waals surface area contributed by atoms with Crippen LogP contribution in [0.25, 0.3) is 0 Å². The quantitative estimate of drug-likeness (QED) is 0.891. The van der Waals surface area contributed by atoms with E-state index in [-0.39, 0.29) is 5.82 Å². The molecule has 1 nitrogen and oxygen atoms in total. The van der Waals surface area contributed by atoms with Crippen molar-refractivity contribution in [3.8, 4) is 0 Å². The summed E-state index contributed by atoms with van der Waals surface area (Å²) in [5.74, 6) is -0.272. The van der Waals surface area contributed by atoms with Crippen LogP contribution < -0.4 is 5.73 Å². The lowest BCUT2D eigenvalue weighted by Crippen LogP contribution is -2.13. The molecule has 4 heteroatoms. The summed E-state index contributed by atoms with van der Waals surface area (Å²) in [6.07, 6.45) is 0. The molecule has 84 valence electrons. The predicted octanol–water partition coefficient (Wildman–Crippen LogP) is 4.01. The number of benzene rings is 1. The molecule has 1 aromatic carbocycles. The number of thiophene rings is 1. The third-order valence-corrected chi connectivity index (χ3v) is 3.99. The summed E-state index contributed by atoms with van der Waals surface area (Å²) in [5.41, 5.74) is 7.53. The van der Waals surface area contributed by atoms with Gasteiger partial charge in [-0.05, 0) is 36.1 Å². The Hall–Kier alpha value is -0.710. The maximum Gasteiger partial charge on any atom is 0.129 e. The lowest BCUT2D eigenvalue weighted by molar-refractivity contribution is 0.598. The summed E-state index contributed by atoms with van der Waals surface area (Å²) in [4.78, 5) is 1.18. The topological polar surface area (TPSA) is 26.0 Å². The number of halogens is 2. The number of hydrogen-bond acceptors (Lipinski definition) is 2. The minimum atomic E-state index is -0.416. The van der Waals surface area contributed by atoms with Gasteiger partial charge in [0, 0.05) is 14.9 Å². The molecule has 2 N–H and O–H groups in total. The second kappa shape index (κ2) is 4.65. The van der Waals surface area contributed by atoms with E-state index in [9.17, 15) is 4.39 Å². The van der Waals surface area contributed by atoms with E-state index >= 15 is 0 Å². The number of rotatable bonds is 2. The van der Waals surface area contributed by atoms with E-state index in [2.05, 4.69) is 15.9 Å². The molecule has 0 fully saturated rings. The summed E-state index contributed by atoms with van der Waals surface area (Å²) >= 11 is 4.96. The normalized spacial score (nSPS) is 12.8. The van der Waals surface area contributed by atoms with Crippen LogP contribution in [0.4, 0.5) is 4.39 Å². The summed E-state index contributed by atoms with van der Waals surface area (Å²) in [6, 6.07) is 6.47. The Bertz CT molecular complexity index is 489. The number of hydrogen-bond donors (Lipinski definition) is 1. The molecule has 1 heterocycles. The summed E-state index contributed by atoms with van der Waals surface area (Å²) in [6.45, 7) is 2.01. The van der Waals surface area contributed by atoms with Gasteiger partial charge in [-0.15, -0.1) is 11.3 Å². The van der Waals surface area contributed by atoms with Crippen molar-refractivity contribution in [3.05, 3.63) is 55.9 Å². The van der Waals surface area contributed by atoms with Crippen molar-refractivity contribution >= 4 is 27.3 Å². The van der Waals surface area contributed by atoms with Gasteiger partial charge in [-0.2, -0.15) is 0 Å². The first-order valence-electron chi connectivity index (χ1n) is 4.84. The molecular weight excluding hydrogens is 289 g/mol. The average Bonchev–Trinajstić information content (AvgIpc) is 2.64. The second-order valence-electron chi connectivity index (χ2n) is 3.60. The fraction of sp³-hybridized carbons (Fsp3) is 0.167. The van der Waals surface area contributed by atoms with Gasteiger partial charge in [-0.25, -0.2) is 4.39 Å². The molecule has 1 aromatic heterocycles. The molecule has 0 aliphatic rings. The van der Waals surface area contributed by atoms with Crippen molar-refractivity contribution < 1.29 is 4.39 Å². The Balaban J connectivity index is 2.45. The highest BCUT2D eigenvalue weighted by molar-refractivity contribution is 9.10. The minimum absolute atomic E-state index is 0.272. The smallest absolute Gasteiger partial charge is 0.129 e. The standard InChI is InChI=1S/C12H11BrFNS/c1-7-5-8(6-16-7)12(15)11-9(13)3-2-4-10(11)14/h2-6,12H,15H2,1H3. The van der Waals surface area contributed by atoms with E-state index in [4.69, 9.17) is 5.73 Å². The Labute approximate surface area is 106 Å². The highest BCUT2D eigenvalue weighted by Crippen LogP contribution is 2.31. The second-order valence-corrected chi connectivity index (χ2v) is 5.57. The molecule has 1 atom stereocenters. The largest absolute Gasteiger partial charge is 0.320 e. The molecule has 1 unspecified atom stereocenters. The van der Waals surface area contributed by atoms with Crippen LogP contribution in [0.3, 0.4) is 0 Å². The molecule has 0 saturated heterocycles. The van der Waals surface area contributed by atoms with Gasteiger partial charge < -0.3 is 5.73 Å². The van der Waals surface area contributed by atoms with Gasteiger partial charge in [0.1, 0.15) is 5.82 Å². The van der Waals surface area contributed by atoms with Crippen LogP contribution in [0.15, 0.2) is 34.1 Å². The van der Waals surface area contributed by atoms with Gasteiger partial charge in [0.2, 0.25) is 0 Å². The Kier molecular flexibility index (Phi) is 3.42. The third-order valence-electron chi connectivity index (χ3n) is 2.42. The van der Waals surface area contributed by atoms with Crippen LogP contribution in [0.1, 0.15) is 22.0 Å². The van der Waals surface area contributed by atoms with Crippen molar-refractivity contribution in [2.75, 3.05) is 0 Å². The van der Waals surface area contributed by atoms with E-state index in [0.29, 0.717) is 10.0 Å². The van der Waals surface area contributed by atoms with Gasteiger partial charge in [-0.1, -0.05) is 22.0 Å². The number of aryl methyl sites for hydroxylation is 1. The van der Waals surface area contributed by atoms with E-state index in [1.54, 1.807) is 23.5 Å². The average molecular weight is 300 g/mol. The fourth-order valence-electron chi connectivity index (χ4n) is 1.60. The predicted molar refractivity (Wildman–Crippen MR) is 69.2 cm³/mol. The highest BCUT2D eigenvalue weighted by Gasteiger charge is 2.17. The van der Waals surface area contributed by atoms with E-state index < -0.39 is 6.04 Å². The summed E-state index contributed by atoms with van der Waals surface area (Å²) < 4.78 is 14.4. The van der Waals surface area contributed by atoms with Crippen LogP contribution in [-0.4, -0.2) is 0 Å². The first-order valence-corrected chi connectivity index (χ1v) is 6.51. The molecular formula is C12H11BrFNS. The zero-order chi connectivity index (χ0) is 11.7. The van der Waals surface area contributed by atoms with Gasteiger partial charge in [0.15, 0.2) is 0 Å². The Morgan fingerprint density at radius 3 is 2.75 bits per heavy atom. The molecule has 0 spiro atoms. The fourth-order valence-corrected chi connectivity index (χ4v) is 2.93. The first kappa shape index (κ1) is 11.8. The maximum absolute atomic E-state index is 13.7. The van der Waals surface area contributed by atoms with E-state index in [0.717, 1.165) is 5.56 Å². The van der Waals surface area contributed by atoms with Gasteiger partial charge in [0.05, 0.1) is 6.04 Å². The van der Waals surface area contributed by atoms with Crippen molar-refractivity contribution in [2.45, 2.75) is 13.0 Å². The van der Waals surface area contributed by atoms with Crippen molar-refractivity contribution in [3.63, 3.8) is 0 Å². The minimum Gasteiger partial charge on any atom is -0.320 e. The Morgan fingerprint density at radius 2 is 2.19 bits per heavy atom. The molecule has 0 bridgehead atoms. The van der Waals surface area contributed by atoms with Crippen LogP contribution >= 0.6 is 27.3 Å². The first-order chi connectivity index (χ1) is 7.59. The van der Waals surface area contributed by atoms with Crippen LogP contribution in [0.5, 0.6) is 0 Å². The van der Waals surface area contributed by atoms with E-state index in [1.165, 1.54) is 10.9 Å². The van der Waals surface area contributed by atoms with Crippen molar-refractivity contribution in [1.82, 2.24) is 0 Å². The molecule has 0 saturated carbocycles. The van der Waals surface area contributed by atoms with Crippen LogP contribution in [-0.2, 0) is 0 Å². The molecule has 0 amide bonds. The van der Waals surface area contributed by atoms with Gasteiger partial charge in [0.25, 0.3) is 0 Å². The molecule has 0 aliphatic carbocycles. The van der Waals surface area contributed by atoms with E-state index in [1.807, 2.05) is 18.4 Å². The number of nitrogens with two attached hydrogens (primary N) is 1. The zero-order valence-electron chi connectivity index (χ0n) is 8.71. The lowest BCUT2D eigenvalue weighted by atomic mass is 10.0. The summed E-state index contributed by atoms with van der Waals surface area (Å²) in [5, 5.41) is 1.97. The maximum atomic E-state index is 13.7. The summed E-state index contributed by atoms with van der Waals surface area (Å²) in [7, 11) is 0. The molecule has 2 rings (SSSR count). The SMILES string of the molecule is Cc1cc(C(N)c2c(F)cccc2Br)cs1.